The highest BCUT2D eigenvalue weighted by atomic mass is 15.2. The van der Waals surface area contributed by atoms with Crippen LogP contribution in [0.1, 0.15) is 158 Å². The van der Waals surface area contributed by atoms with Crippen LogP contribution in [0.4, 0.5) is 0 Å². The van der Waals surface area contributed by atoms with Crippen LogP contribution in [-0.4, -0.2) is 4.70 Å². The van der Waals surface area contributed by atoms with E-state index in [2.05, 4.69) is 79.7 Å². The van der Waals surface area contributed by atoms with Gasteiger partial charge in [0.15, 0.2) is 0 Å². The van der Waals surface area contributed by atoms with Gasteiger partial charge in [0.05, 0.1) is 0 Å². The molecule has 0 saturated heterocycles. The largest absolute Gasteiger partial charge is 0.493 e. The van der Waals surface area contributed by atoms with Gasteiger partial charge in [0.2, 0.25) is 11.4 Å². The lowest BCUT2D eigenvalue weighted by atomic mass is 9.87. The van der Waals surface area contributed by atoms with Crippen molar-refractivity contribution in [2.75, 3.05) is 0 Å². The lowest BCUT2D eigenvalue weighted by Crippen LogP contribution is -2.08. The minimum Gasteiger partial charge on any atom is -0.493 e. The molecule has 2 nitrogen and oxygen atoms in total. The maximum Gasteiger partial charge on any atom is 0.211 e. The van der Waals surface area contributed by atoms with Gasteiger partial charge in [-0.15, -0.1) is 0 Å². The Morgan fingerprint density at radius 2 is 0.951 bits per heavy atom. The van der Waals surface area contributed by atoms with Gasteiger partial charge in [-0.25, -0.2) is 4.70 Å². The van der Waals surface area contributed by atoms with Gasteiger partial charge in [0.1, 0.15) is 0 Å². The van der Waals surface area contributed by atoms with Crippen molar-refractivity contribution in [3.8, 4) is 0 Å². The van der Waals surface area contributed by atoms with Gasteiger partial charge in [-0.1, -0.05) is 74.1 Å². The van der Waals surface area contributed by atoms with E-state index in [1.807, 2.05) is 0 Å². The topological polar surface area (TPSA) is 25.3 Å². The third-order valence-corrected chi connectivity index (χ3v) is 9.21. The summed E-state index contributed by atoms with van der Waals surface area (Å²) in [5.74, 6) is 0. The number of nitrogens with zero attached hydrogens (tertiary/aromatic N) is 2. The molecule has 0 saturated carbocycles. The second-order valence-electron chi connectivity index (χ2n) is 12.1. The molecule has 2 aromatic carbocycles. The van der Waals surface area contributed by atoms with Crippen LogP contribution in [0.15, 0.2) is 35.4 Å². The number of unbranched alkanes of at least 4 members (excludes halogenated alkanes) is 4. The van der Waals surface area contributed by atoms with Crippen molar-refractivity contribution in [1.29, 1.82) is 0 Å². The highest BCUT2D eigenvalue weighted by Gasteiger charge is 2.34. The van der Waals surface area contributed by atoms with Crippen molar-refractivity contribution < 1.29 is 4.70 Å². The van der Waals surface area contributed by atoms with Gasteiger partial charge >= 0.3 is 0 Å². The van der Waals surface area contributed by atoms with E-state index in [0.717, 1.165) is 68.3 Å². The molecule has 0 aromatic heterocycles. The minimum absolute atomic E-state index is 0.985. The first-order valence-electron chi connectivity index (χ1n) is 17.1. The Morgan fingerprint density at radius 3 is 1.41 bits per heavy atom. The molecule has 0 bridgehead atoms. The molecule has 1 aliphatic heterocycles. The first-order chi connectivity index (χ1) is 19.9. The molecule has 1 heterocycles. The van der Waals surface area contributed by atoms with Crippen molar-refractivity contribution in [1.82, 2.24) is 0 Å². The van der Waals surface area contributed by atoms with E-state index in [4.69, 9.17) is 0 Å². The summed E-state index contributed by atoms with van der Waals surface area (Å²) >= 11 is 0. The Labute approximate surface area is 252 Å². The van der Waals surface area contributed by atoms with Crippen LogP contribution in [0, 0.1) is 0 Å². The van der Waals surface area contributed by atoms with E-state index >= 15 is 0 Å². The van der Waals surface area contributed by atoms with Gasteiger partial charge in [0.25, 0.3) is 0 Å². The van der Waals surface area contributed by atoms with Crippen LogP contribution in [0.5, 0.6) is 0 Å². The molecular formula is C39H58N2. The summed E-state index contributed by atoms with van der Waals surface area (Å²) in [6.45, 7) is 18.2. The maximum atomic E-state index is 12.1. The zero-order valence-electron chi connectivity index (χ0n) is 27.8. The summed E-state index contributed by atoms with van der Waals surface area (Å²) in [4.78, 5) is 0. The molecule has 0 spiro atoms. The monoisotopic (exact) mass is 554 g/mol. The van der Waals surface area contributed by atoms with Crippen LogP contribution in [0.25, 0.3) is 16.9 Å². The minimum atomic E-state index is 0.985. The van der Waals surface area contributed by atoms with Gasteiger partial charge < -0.3 is 5.53 Å². The zero-order valence-corrected chi connectivity index (χ0v) is 27.8. The average molecular weight is 555 g/mol. The summed E-state index contributed by atoms with van der Waals surface area (Å²) in [6.07, 6.45) is 17.1. The van der Waals surface area contributed by atoms with Gasteiger partial charge in [-0.05, 0) is 135 Å². The van der Waals surface area contributed by atoms with Crippen molar-refractivity contribution in [3.05, 3.63) is 85.5 Å². The van der Waals surface area contributed by atoms with E-state index in [1.54, 1.807) is 10.3 Å². The Balaban J connectivity index is 2.23. The second-order valence-corrected chi connectivity index (χ2v) is 12.1. The highest BCUT2D eigenvalue weighted by Crippen LogP contribution is 2.44. The van der Waals surface area contributed by atoms with E-state index in [0.29, 0.717) is 0 Å². The molecule has 41 heavy (non-hydrogen) atoms. The van der Waals surface area contributed by atoms with Crippen LogP contribution < -0.4 is 0 Å². The SMILES string of the molecule is CCCCC1=C(c2cc(CCCC)c(CCCC)c(CCCC)c2)[N+](=[N-])C(c2cc(CC)c(CC)c(CC)c2)=C1C. The number of benzene rings is 2. The lowest BCUT2D eigenvalue weighted by Gasteiger charge is -2.19. The Morgan fingerprint density at radius 1 is 0.512 bits per heavy atom. The highest BCUT2D eigenvalue weighted by molar-refractivity contribution is 5.82. The first kappa shape index (κ1) is 33.0. The van der Waals surface area contributed by atoms with Crippen LogP contribution in [0.2, 0.25) is 0 Å². The molecule has 2 heteroatoms. The standard InChI is InChI=1S/C39H58N2/c1-9-16-20-31-26-34(27-32(21-17-10-2)37(31)23-19-12-4)39-36(22-18-11-3)28(8)38(41(39)40)33-24-29(13-5)35(15-7)30(14-6)25-33/h24-27H,9-23H2,1-8H3. The molecule has 3 rings (SSSR count). The molecule has 0 unspecified atom stereocenters. The normalized spacial score (nSPS) is 13.7. The number of rotatable bonds is 17. The smallest absolute Gasteiger partial charge is 0.211 e. The maximum absolute atomic E-state index is 12.1. The summed E-state index contributed by atoms with van der Waals surface area (Å²) in [6, 6.07) is 9.61. The van der Waals surface area contributed by atoms with E-state index < -0.39 is 0 Å². The number of aryl methyl sites for hydroxylation is 4. The van der Waals surface area contributed by atoms with Gasteiger partial charge in [-0.3, -0.25) is 0 Å². The van der Waals surface area contributed by atoms with E-state index in [1.165, 1.54) is 89.5 Å². The average Bonchev–Trinajstić information content (AvgIpc) is 3.24. The van der Waals surface area contributed by atoms with Gasteiger partial charge in [-0.2, -0.15) is 0 Å². The van der Waals surface area contributed by atoms with E-state index in [9.17, 15) is 5.53 Å². The third-order valence-electron chi connectivity index (χ3n) is 9.21. The summed E-state index contributed by atoms with van der Waals surface area (Å²) in [5.41, 5.74) is 28.0. The van der Waals surface area contributed by atoms with Crippen LogP contribution >= 0.6 is 0 Å². The number of hydrogen-bond donors (Lipinski definition) is 0. The molecule has 0 amide bonds. The Kier molecular flexibility index (Phi) is 13.1. The summed E-state index contributed by atoms with van der Waals surface area (Å²) in [5, 5.41) is 0. The molecule has 0 radical (unpaired) electrons. The summed E-state index contributed by atoms with van der Waals surface area (Å²) < 4.78 is 1.58. The Hall–Kier alpha value is -2.48. The second kappa shape index (κ2) is 16.2. The fraction of sp³-hybridized carbons (Fsp3) is 0.590. The molecule has 0 aliphatic carbocycles. The number of hydrogen-bond acceptors (Lipinski definition) is 0. The van der Waals surface area contributed by atoms with Crippen LogP contribution in [-0.2, 0) is 38.5 Å². The molecule has 2 aromatic rings. The molecule has 1 aliphatic rings. The quantitative estimate of drug-likeness (QED) is 0.174. The predicted octanol–water partition coefficient (Wildman–Crippen LogP) is 11.8. The van der Waals surface area contributed by atoms with Crippen molar-refractivity contribution in [2.24, 2.45) is 0 Å². The van der Waals surface area contributed by atoms with Crippen molar-refractivity contribution in [3.63, 3.8) is 0 Å². The zero-order chi connectivity index (χ0) is 29.9. The molecular weight excluding hydrogens is 496 g/mol. The van der Waals surface area contributed by atoms with Crippen molar-refractivity contribution >= 4 is 11.4 Å². The lowest BCUT2D eigenvalue weighted by molar-refractivity contribution is -0.345. The fourth-order valence-electron chi connectivity index (χ4n) is 6.82. The molecule has 0 N–H and O–H groups in total. The fourth-order valence-corrected chi connectivity index (χ4v) is 6.82. The van der Waals surface area contributed by atoms with Gasteiger partial charge in [0, 0.05) is 22.3 Å². The number of allylic oxidation sites excluding steroid dienone is 2. The molecule has 0 fully saturated rings. The van der Waals surface area contributed by atoms with Crippen molar-refractivity contribution in [2.45, 2.75) is 152 Å². The predicted molar refractivity (Wildman–Crippen MR) is 180 cm³/mol. The molecule has 0 atom stereocenters. The summed E-state index contributed by atoms with van der Waals surface area (Å²) in [7, 11) is 0. The van der Waals surface area contributed by atoms with E-state index in [-0.39, 0.29) is 0 Å². The Bertz CT molecular complexity index is 1200. The third kappa shape index (κ3) is 7.49. The first-order valence-corrected chi connectivity index (χ1v) is 17.1. The molecule has 224 valence electrons. The van der Waals surface area contributed by atoms with Crippen LogP contribution in [0.3, 0.4) is 0 Å².